The summed E-state index contributed by atoms with van der Waals surface area (Å²) in [4.78, 5) is 9.16. The maximum atomic E-state index is 4.63. The molecule has 16 heavy (non-hydrogen) atoms. The van der Waals surface area contributed by atoms with Crippen LogP contribution in [-0.4, -0.2) is 17.2 Å². The number of halogens is 1. The number of nitrogens with zero attached hydrogens (tertiary/aromatic N) is 2. The highest BCUT2D eigenvalue weighted by molar-refractivity contribution is 9.10. The minimum Gasteiger partial charge on any atom is -0.285 e. The maximum absolute atomic E-state index is 4.63. The second kappa shape index (κ2) is 4.13. The molecule has 0 aromatic carbocycles. The minimum absolute atomic E-state index is 0.828. The molecule has 2 aliphatic rings. The lowest BCUT2D eigenvalue weighted by Crippen LogP contribution is -2.07. The smallest absolute Gasteiger partial charge is 0.106 e. The molecular formula is C13H13BrN2. The van der Waals surface area contributed by atoms with E-state index in [0.717, 1.165) is 23.3 Å². The third kappa shape index (κ3) is 1.73. The number of aliphatic imine (C=N–C) groups is 1. The Morgan fingerprint density at radius 1 is 1.06 bits per heavy atom. The Bertz CT molecular complexity index is 488. The number of fused-ring (bicyclic) bond motifs is 1. The molecule has 0 bridgehead atoms. The van der Waals surface area contributed by atoms with E-state index in [4.69, 9.17) is 0 Å². The first-order chi connectivity index (χ1) is 7.84. The van der Waals surface area contributed by atoms with Crippen LogP contribution in [0, 0.1) is 0 Å². The molecule has 0 N–H and O–H groups in total. The van der Waals surface area contributed by atoms with Gasteiger partial charge in [-0.2, -0.15) is 0 Å². The molecule has 1 aromatic heterocycles. The Morgan fingerprint density at radius 2 is 1.94 bits per heavy atom. The van der Waals surface area contributed by atoms with Crippen LogP contribution in [0.2, 0.25) is 0 Å². The number of hydrogen-bond donors (Lipinski definition) is 0. The third-order valence-electron chi connectivity index (χ3n) is 3.26. The highest BCUT2D eigenvalue weighted by atomic mass is 79.9. The zero-order valence-corrected chi connectivity index (χ0v) is 10.6. The van der Waals surface area contributed by atoms with Gasteiger partial charge in [-0.1, -0.05) is 6.07 Å². The predicted molar refractivity (Wildman–Crippen MR) is 69.6 cm³/mol. The van der Waals surface area contributed by atoms with Crippen molar-refractivity contribution in [3.05, 3.63) is 34.1 Å². The van der Waals surface area contributed by atoms with E-state index in [9.17, 15) is 0 Å². The lowest BCUT2D eigenvalue weighted by molar-refractivity contribution is 0.737. The molecule has 2 heterocycles. The molecule has 0 spiro atoms. The maximum Gasteiger partial charge on any atom is 0.106 e. The summed E-state index contributed by atoms with van der Waals surface area (Å²) in [5, 5.41) is 0. The molecule has 0 unspecified atom stereocenters. The SMILES string of the molecule is Brc1cccc(C2=C3CCCCC3=NC2)n1. The number of aromatic nitrogens is 1. The highest BCUT2D eigenvalue weighted by Crippen LogP contribution is 2.33. The molecular weight excluding hydrogens is 264 g/mol. The van der Waals surface area contributed by atoms with Crippen LogP contribution in [0.4, 0.5) is 0 Å². The molecule has 82 valence electrons. The van der Waals surface area contributed by atoms with Crippen LogP contribution in [0.1, 0.15) is 31.4 Å². The summed E-state index contributed by atoms with van der Waals surface area (Å²) in [5.74, 6) is 0. The fourth-order valence-corrected chi connectivity index (χ4v) is 2.81. The standard InChI is InChI=1S/C13H13BrN2/c14-13-7-3-6-12(16-13)10-8-15-11-5-2-1-4-9(10)11/h3,6-7H,1-2,4-5,8H2. The molecule has 1 fully saturated rings. The molecule has 0 radical (unpaired) electrons. The van der Waals surface area contributed by atoms with Crippen LogP contribution in [0.15, 0.2) is 33.4 Å². The third-order valence-corrected chi connectivity index (χ3v) is 3.70. The van der Waals surface area contributed by atoms with E-state index >= 15 is 0 Å². The topological polar surface area (TPSA) is 25.2 Å². The molecule has 0 atom stereocenters. The average Bonchev–Trinajstić information content (AvgIpc) is 2.72. The van der Waals surface area contributed by atoms with Gasteiger partial charge < -0.3 is 0 Å². The average molecular weight is 277 g/mol. The number of rotatable bonds is 1. The van der Waals surface area contributed by atoms with Crippen molar-refractivity contribution in [3.63, 3.8) is 0 Å². The van der Waals surface area contributed by atoms with E-state index in [1.54, 1.807) is 0 Å². The van der Waals surface area contributed by atoms with E-state index < -0.39 is 0 Å². The van der Waals surface area contributed by atoms with Crippen molar-refractivity contribution in [1.82, 2.24) is 4.98 Å². The van der Waals surface area contributed by atoms with E-state index in [1.165, 1.54) is 36.1 Å². The fourth-order valence-electron chi connectivity index (χ4n) is 2.47. The largest absolute Gasteiger partial charge is 0.285 e. The van der Waals surface area contributed by atoms with Crippen LogP contribution in [0.5, 0.6) is 0 Å². The highest BCUT2D eigenvalue weighted by Gasteiger charge is 2.23. The lowest BCUT2D eigenvalue weighted by atomic mass is 9.90. The fraction of sp³-hybridized carbons (Fsp3) is 0.385. The van der Waals surface area contributed by atoms with E-state index in [2.05, 4.69) is 32.0 Å². The molecule has 3 heteroatoms. The molecule has 1 aliphatic carbocycles. The van der Waals surface area contributed by atoms with Gasteiger partial charge in [0.15, 0.2) is 0 Å². The van der Waals surface area contributed by atoms with Gasteiger partial charge in [0.05, 0.1) is 12.2 Å². The summed E-state index contributed by atoms with van der Waals surface area (Å²) < 4.78 is 0.905. The Hall–Kier alpha value is -0.960. The quantitative estimate of drug-likeness (QED) is 0.720. The summed E-state index contributed by atoms with van der Waals surface area (Å²) in [7, 11) is 0. The second-order valence-electron chi connectivity index (χ2n) is 4.27. The van der Waals surface area contributed by atoms with Gasteiger partial charge in [-0.05, 0) is 59.3 Å². The van der Waals surface area contributed by atoms with E-state index in [1.807, 2.05) is 12.1 Å². The van der Waals surface area contributed by atoms with Gasteiger partial charge in [0.2, 0.25) is 0 Å². The zero-order valence-electron chi connectivity index (χ0n) is 9.04. The zero-order chi connectivity index (χ0) is 11.0. The van der Waals surface area contributed by atoms with Gasteiger partial charge in [-0.3, -0.25) is 4.99 Å². The van der Waals surface area contributed by atoms with Gasteiger partial charge in [0.25, 0.3) is 0 Å². The second-order valence-corrected chi connectivity index (χ2v) is 5.09. The van der Waals surface area contributed by atoms with Crippen LogP contribution >= 0.6 is 15.9 Å². The van der Waals surface area contributed by atoms with Gasteiger partial charge in [-0.25, -0.2) is 4.98 Å². The van der Waals surface area contributed by atoms with Gasteiger partial charge in [0, 0.05) is 11.3 Å². The Morgan fingerprint density at radius 3 is 2.81 bits per heavy atom. The molecule has 1 saturated carbocycles. The summed E-state index contributed by atoms with van der Waals surface area (Å²) in [6.45, 7) is 0.828. The van der Waals surface area contributed by atoms with Crippen LogP contribution in [0.3, 0.4) is 0 Å². The molecule has 2 nitrogen and oxygen atoms in total. The van der Waals surface area contributed by atoms with Crippen molar-refractivity contribution in [2.24, 2.45) is 4.99 Å². The summed E-state index contributed by atoms with van der Waals surface area (Å²) in [6, 6.07) is 6.09. The van der Waals surface area contributed by atoms with Crippen molar-refractivity contribution in [3.8, 4) is 0 Å². The molecule has 3 rings (SSSR count). The van der Waals surface area contributed by atoms with Crippen molar-refractivity contribution in [2.45, 2.75) is 25.7 Å². The first-order valence-corrected chi connectivity index (χ1v) is 6.52. The van der Waals surface area contributed by atoms with E-state index in [0.29, 0.717) is 0 Å². The number of allylic oxidation sites excluding steroid dienone is 1. The Labute approximate surface area is 104 Å². The van der Waals surface area contributed by atoms with E-state index in [-0.39, 0.29) is 0 Å². The lowest BCUT2D eigenvalue weighted by Gasteiger charge is -2.14. The predicted octanol–water partition coefficient (Wildman–Crippen LogP) is 3.63. The monoisotopic (exact) mass is 276 g/mol. The van der Waals surface area contributed by atoms with Gasteiger partial charge in [-0.15, -0.1) is 0 Å². The van der Waals surface area contributed by atoms with Crippen molar-refractivity contribution >= 4 is 27.2 Å². The van der Waals surface area contributed by atoms with Crippen molar-refractivity contribution in [1.29, 1.82) is 0 Å². The summed E-state index contributed by atoms with van der Waals surface area (Å²) in [5.41, 5.74) is 5.24. The minimum atomic E-state index is 0.828. The van der Waals surface area contributed by atoms with Crippen LogP contribution in [-0.2, 0) is 0 Å². The van der Waals surface area contributed by atoms with Crippen molar-refractivity contribution in [2.75, 3.05) is 6.54 Å². The normalized spacial score (nSPS) is 19.7. The van der Waals surface area contributed by atoms with Crippen molar-refractivity contribution < 1.29 is 0 Å². The number of hydrogen-bond acceptors (Lipinski definition) is 2. The van der Waals surface area contributed by atoms with Gasteiger partial charge in [0.1, 0.15) is 4.60 Å². The van der Waals surface area contributed by atoms with Crippen LogP contribution in [0.25, 0.3) is 5.57 Å². The molecule has 1 aliphatic heterocycles. The Kier molecular flexibility index (Phi) is 2.64. The molecule has 0 saturated heterocycles. The first-order valence-electron chi connectivity index (χ1n) is 5.73. The number of pyridine rings is 1. The molecule has 0 amide bonds. The summed E-state index contributed by atoms with van der Waals surface area (Å²) >= 11 is 3.43. The molecule has 1 aromatic rings. The van der Waals surface area contributed by atoms with Crippen LogP contribution < -0.4 is 0 Å². The van der Waals surface area contributed by atoms with Gasteiger partial charge >= 0.3 is 0 Å². The summed E-state index contributed by atoms with van der Waals surface area (Å²) in [6.07, 6.45) is 4.93. The Balaban J connectivity index is 2.02. The first kappa shape index (κ1) is 10.2.